The number of benzene rings is 2. The average Bonchev–Trinajstić information content (AvgIpc) is 3.78. The zero-order valence-electron chi connectivity index (χ0n) is 31.3. The van der Waals surface area contributed by atoms with E-state index in [4.69, 9.17) is 16.6 Å². The molecular formula is C38H48ClF3N8O5. The number of halogens is 4. The number of rotatable bonds is 9. The Bertz CT molecular complexity index is 1850. The van der Waals surface area contributed by atoms with Gasteiger partial charge in [0.05, 0.1) is 22.4 Å². The monoisotopic (exact) mass is 788 g/mol. The van der Waals surface area contributed by atoms with E-state index in [1.807, 2.05) is 6.92 Å². The lowest BCUT2D eigenvalue weighted by atomic mass is 10.0. The van der Waals surface area contributed by atoms with Crippen molar-refractivity contribution in [1.82, 2.24) is 35.3 Å². The first-order valence-corrected chi connectivity index (χ1v) is 19.0. The number of likely N-dealkylation sites (tertiary alicyclic amines) is 2. The van der Waals surface area contributed by atoms with Gasteiger partial charge in [0.15, 0.2) is 0 Å². The predicted molar refractivity (Wildman–Crippen MR) is 202 cm³/mol. The number of piperazine rings is 1. The van der Waals surface area contributed by atoms with E-state index in [0.29, 0.717) is 60.8 Å². The van der Waals surface area contributed by atoms with Crippen LogP contribution in [0.3, 0.4) is 0 Å². The third-order valence-electron chi connectivity index (χ3n) is 10.7. The number of ether oxygens (including phenoxy) is 1. The van der Waals surface area contributed by atoms with Crippen molar-refractivity contribution in [2.24, 2.45) is 11.8 Å². The highest BCUT2D eigenvalue weighted by molar-refractivity contribution is 6.34. The first kappa shape index (κ1) is 40.1. The highest BCUT2D eigenvalue weighted by Crippen LogP contribution is 2.41. The summed E-state index contributed by atoms with van der Waals surface area (Å²) in [6.07, 6.45) is -2.38. The molecule has 3 aliphatic heterocycles. The van der Waals surface area contributed by atoms with Crippen molar-refractivity contribution in [3.63, 3.8) is 0 Å². The Morgan fingerprint density at radius 1 is 1.05 bits per heavy atom. The summed E-state index contributed by atoms with van der Waals surface area (Å²) < 4.78 is 45.5. The number of aromatic amines is 1. The number of carbonyl (C=O) groups is 3. The molecule has 298 valence electrons. The summed E-state index contributed by atoms with van der Waals surface area (Å²) in [7, 11) is 0. The molecule has 55 heavy (non-hydrogen) atoms. The van der Waals surface area contributed by atoms with Crippen LogP contribution in [0.1, 0.15) is 58.8 Å². The van der Waals surface area contributed by atoms with Crippen LogP contribution in [0.25, 0.3) is 22.4 Å². The van der Waals surface area contributed by atoms with Crippen molar-refractivity contribution < 1.29 is 37.4 Å². The van der Waals surface area contributed by atoms with E-state index < -0.39 is 36.3 Å². The maximum atomic E-state index is 13.7. The summed E-state index contributed by atoms with van der Waals surface area (Å²) in [5, 5.41) is 17.8. The molecule has 1 aromatic heterocycles. The number of nitrogens with zero attached hydrogens (tertiary/aromatic N) is 4. The second-order valence-corrected chi connectivity index (χ2v) is 15.5. The topological polar surface area (TPSA) is 155 Å². The fraction of sp³-hybridized carbons (Fsp3) is 0.526. The van der Waals surface area contributed by atoms with Crippen LogP contribution in [-0.4, -0.2) is 112 Å². The van der Waals surface area contributed by atoms with Crippen molar-refractivity contribution in [3.8, 4) is 28.1 Å². The quantitative estimate of drug-likeness (QED) is 0.159. The highest BCUT2D eigenvalue weighted by atomic mass is 35.5. The number of H-pyrrole nitrogens is 1. The minimum Gasteiger partial charge on any atom is -0.465 e. The lowest BCUT2D eigenvalue weighted by molar-refractivity contribution is -0.274. The average molecular weight is 789 g/mol. The predicted octanol–water partition coefficient (Wildman–Crippen LogP) is 6.79. The largest absolute Gasteiger partial charge is 0.573 e. The Hall–Kier alpha value is -4.54. The Morgan fingerprint density at radius 3 is 2.38 bits per heavy atom. The molecule has 4 heterocycles. The van der Waals surface area contributed by atoms with Crippen molar-refractivity contribution in [2.75, 3.05) is 44.6 Å². The molecule has 5 N–H and O–H groups in total. The second kappa shape index (κ2) is 16.7. The number of carboxylic acid groups (broad SMARTS) is 1. The number of anilines is 1. The van der Waals surface area contributed by atoms with E-state index in [0.717, 1.165) is 38.5 Å². The lowest BCUT2D eigenvalue weighted by Gasteiger charge is -2.43. The summed E-state index contributed by atoms with van der Waals surface area (Å²) in [4.78, 5) is 51.9. The van der Waals surface area contributed by atoms with Gasteiger partial charge in [0.25, 0.3) is 0 Å². The number of piperidine rings is 1. The van der Waals surface area contributed by atoms with Gasteiger partial charge in [0.2, 0.25) is 5.91 Å². The fourth-order valence-corrected chi connectivity index (χ4v) is 8.14. The van der Waals surface area contributed by atoms with E-state index >= 15 is 0 Å². The number of nitrogens with one attached hydrogen (secondary N) is 4. The molecule has 0 saturated carbocycles. The normalized spacial score (nSPS) is 21.8. The maximum Gasteiger partial charge on any atom is 0.573 e. The molecule has 3 fully saturated rings. The van der Waals surface area contributed by atoms with Crippen LogP contribution < -0.4 is 20.7 Å². The number of imidazole rings is 1. The van der Waals surface area contributed by atoms with Crippen LogP contribution >= 0.6 is 11.6 Å². The molecule has 0 unspecified atom stereocenters. The van der Waals surface area contributed by atoms with Gasteiger partial charge in [-0.25, -0.2) is 14.6 Å². The number of urea groups is 1. The van der Waals surface area contributed by atoms with Crippen LogP contribution in [0.15, 0.2) is 42.6 Å². The summed E-state index contributed by atoms with van der Waals surface area (Å²) in [5.41, 5.74) is 1.66. The number of hydrogen-bond donors (Lipinski definition) is 5. The molecule has 0 radical (unpaired) electrons. The van der Waals surface area contributed by atoms with Gasteiger partial charge in [-0.05, 0) is 49.7 Å². The van der Waals surface area contributed by atoms with Gasteiger partial charge >= 0.3 is 18.5 Å². The summed E-state index contributed by atoms with van der Waals surface area (Å²) >= 11 is 6.59. The third-order valence-corrected chi connectivity index (χ3v) is 11.0. The molecule has 4 amide bonds. The van der Waals surface area contributed by atoms with E-state index in [1.165, 1.54) is 6.07 Å². The van der Waals surface area contributed by atoms with Crippen LogP contribution in [0.2, 0.25) is 5.02 Å². The molecular weight excluding hydrogens is 741 g/mol. The standard InChI is InChI=1S/C38H48ClF3N8O5/c1-21(2)33(47-37(53)54)35(51)50-20-22(3)15-31(50)34-44-19-30(45-34)25-7-5-24(6-8-25)27-16-28(39)29(17-32(27)55-38(40,41)42)46-36(52)48-12-9-26(10-13-48)49-14-11-43-18-23(49)4/h5-8,16-17,19,21-23,26,31,33,43,47H,9-15,18,20H2,1-4H3,(H,44,45)(H,46,52)(H,53,54)/t22-,23-,31-,33-/m0/s1. The van der Waals surface area contributed by atoms with Crippen LogP contribution in [0.4, 0.5) is 28.4 Å². The Morgan fingerprint density at radius 2 is 1.75 bits per heavy atom. The van der Waals surface area contributed by atoms with E-state index in [-0.39, 0.29) is 34.0 Å². The molecule has 0 bridgehead atoms. The van der Waals surface area contributed by atoms with Crippen LogP contribution in [0, 0.1) is 11.8 Å². The molecule has 6 rings (SSSR count). The highest BCUT2D eigenvalue weighted by Gasteiger charge is 2.40. The molecule has 0 aliphatic carbocycles. The van der Waals surface area contributed by atoms with Crippen LogP contribution in [0.5, 0.6) is 5.75 Å². The smallest absolute Gasteiger partial charge is 0.465 e. The molecule has 2 aromatic carbocycles. The minimum atomic E-state index is -5.01. The van der Waals surface area contributed by atoms with Gasteiger partial charge in [-0.1, -0.05) is 56.6 Å². The number of alkyl halides is 3. The summed E-state index contributed by atoms with van der Waals surface area (Å²) in [5.74, 6) is -0.416. The van der Waals surface area contributed by atoms with Crippen LogP contribution in [-0.2, 0) is 4.79 Å². The van der Waals surface area contributed by atoms with E-state index in [2.05, 4.69) is 37.5 Å². The Labute approximate surface area is 322 Å². The second-order valence-electron chi connectivity index (χ2n) is 15.1. The molecule has 4 atom stereocenters. The van der Waals surface area contributed by atoms with Gasteiger partial charge in [0, 0.05) is 74.7 Å². The zero-order chi connectivity index (χ0) is 39.6. The molecule has 17 heteroatoms. The number of amides is 4. The lowest BCUT2D eigenvalue weighted by Crippen LogP contribution is -2.57. The third kappa shape index (κ3) is 9.47. The zero-order valence-corrected chi connectivity index (χ0v) is 32.0. The van der Waals surface area contributed by atoms with Crippen molar-refractivity contribution >= 4 is 35.3 Å². The van der Waals surface area contributed by atoms with Gasteiger partial charge < -0.3 is 40.6 Å². The molecule has 0 spiro atoms. The molecule has 3 saturated heterocycles. The summed E-state index contributed by atoms with van der Waals surface area (Å²) in [6, 6.07) is 8.10. The van der Waals surface area contributed by atoms with Gasteiger partial charge in [-0.2, -0.15) is 0 Å². The number of aromatic nitrogens is 2. The van der Waals surface area contributed by atoms with Gasteiger partial charge in [0.1, 0.15) is 17.6 Å². The SMILES string of the molecule is CC(C)[C@H](NC(=O)O)C(=O)N1C[C@@H](C)C[C@H]1c1nc(-c2ccc(-c3cc(Cl)c(NC(=O)N4CCC(N5CCNC[C@@H]5C)CC4)cc3OC(F)(F)F)cc2)c[nH]1. The number of carbonyl (C=O) groups excluding carboxylic acids is 2. The van der Waals surface area contributed by atoms with E-state index in [9.17, 15) is 32.7 Å². The Kier molecular flexibility index (Phi) is 12.2. The van der Waals surface area contributed by atoms with Crippen molar-refractivity contribution in [2.45, 2.75) is 77.5 Å². The Balaban J connectivity index is 1.17. The maximum absolute atomic E-state index is 13.7. The first-order valence-electron chi connectivity index (χ1n) is 18.7. The van der Waals surface area contributed by atoms with Crippen molar-refractivity contribution in [3.05, 3.63) is 53.4 Å². The first-order chi connectivity index (χ1) is 26.1. The molecule has 3 aromatic rings. The number of hydrogen-bond acceptors (Lipinski definition) is 7. The van der Waals surface area contributed by atoms with Gasteiger partial charge in [-0.3, -0.25) is 9.69 Å². The van der Waals surface area contributed by atoms with Crippen molar-refractivity contribution in [1.29, 1.82) is 0 Å². The minimum absolute atomic E-state index is 0.000373. The molecule has 3 aliphatic rings. The van der Waals surface area contributed by atoms with Gasteiger partial charge in [-0.15, -0.1) is 13.2 Å². The fourth-order valence-electron chi connectivity index (χ4n) is 7.93. The summed E-state index contributed by atoms with van der Waals surface area (Å²) in [6.45, 7) is 12.0. The molecule has 13 nitrogen and oxygen atoms in total. The van der Waals surface area contributed by atoms with E-state index in [1.54, 1.807) is 54.1 Å².